The molecule has 2 aromatic rings. The van der Waals surface area contributed by atoms with Crippen LogP contribution in [0.3, 0.4) is 0 Å². The number of piperazine rings is 1. The fraction of sp³-hybridized carbons (Fsp3) is 0.391. The fourth-order valence-electron chi connectivity index (χ4n) is 4.37. The van der Waals surface area contributed by atoms with Crippen LogP contribution in [0.25, 0.3) is 0 Å². The van der Waals surface area contributed by atoms with Crippen LogP contribution in [0.5, 0.6) is 0 Å². The number of piperidine rings is 1. The van der Waals surface area contributed by atoms with Gasteiger partial charge in [-0.2, -0.15) is 0 Å². The van der Waals surface area contributed by atoms with Crippen molar-refractivity contribution in [1.82, 2.24) is 9.80 Å². The molecule has 2 aliphatic rings. The lowest BCUT2D eigenvalue weighted by Gasteiger charge is -2.39. The number of nitro benzene ring substituents is 1. The lowest BCUT2D eigenvalue weighted by atomic mass is 9.95. The van der Waals surface area contributed by atoms with E-state index < -0.39 is 4.92 Å². The van der Waals surface area contributed by atoms with Gasteiger partial charge in [-0.3, -0.25) is 19.7 Å². The predicted molar refractivity (Wildman–Crippen MR) is 122 cm³/mol. The Morgan fingerprint density at radius 3 is 2.19 bits per heavy atom. The molecule has 0 N–H and O–H groups in total. The second kappa shape index (κ2) is 9.56. The number of amides is 2. The van der Waals surface area contributed by atoms with E-state index in [9.17, 15) is 19.7 Å². The summed E-state index contributed by atoms with van der Waals surface area (Å²) in [7, 11) is 0. The molecule has 0 saturated carbocycles. The van der Waals surface area contributed by atoms with Crippen molar-refractivity contribution in [2.45, 2.75) is 12.8 Å². The van der Waals surface area contributed by atoms with Crippen LogP contribution in [-0.2, 0) is 4.79 Å². The average Bonchev–Trinajstić information content (AvgIpc) is 2.84. The molecule has 0 bridgehead atoms. The molecular formula is C23H25ClN4O4. The average molecular weight is 457 g/mol. The third kappa shape index (κ3) is 4.85. The first-order valence-electron chi connectivity index (χ1n) is 10.8. The van der Waals surface area contributed by atoms with Crippen molar-refractivity contribution in [3.63, 3.8) is 0 Å². The van der Waals surface area contributed by atoms with Gasteiger partial charge in [-0.1, -0.05) is 11.6 Å². The largest absolute Gasteiger partial charge is 0.368 e. The highest BCUT2D eigenvalue weighted by Crippen LogP contribution is 2.24. The maximum Gasteiger partial charge on any atom is 0.269 e. The summed E-state index contributed by atoms with van der Waals surface area (Å²) in [5.41, 5.74) is 1.57. The van der Waals surface area contributed by atoms with Gasteiger partial charge in [0.15, 0.2) is 0 Å². The molecule has 0 radical (unpaired) electrons. The first-order valence-corrected chi connectivity index (χ1v) is 11.1. The molecule has 1 atom stereocenters. The lowest BCUT2D eigenvalue weighted by molar-refractivity contribution is -0.384. The summed E-state index contributed by atoms with van der Waals surface area (Å²) in [6, 6.07) is 13.3. The molecule has 168 valence electrons. The lowest BCUT2D eigenvalue weighted by Crippen LogP contribution is -2.53. The fourth-order valence-corrected chi connectivity index (χ4v) is 4.49. The number of non-ortho nitro benzene ring substituents is 1. The maximum atomic E-state index is 13.1. The van der Waals surface area contributed by atoms with Crippen molar-refractivity contribution in [1.29, 1.82) is 0 Å². The summed E-state index contributed by atoms with van der Waals surface area (Å²) in [5, 5.41) is 11.4. The number of carbonyl (C=O) groups is 2. The monoisotopic (exact) mass is 456 g/mol. The normalized spacial score (nSPS) is 19.0. The van der Waals surface area contributed by atoms with Crippen molar-refractivity contribution < 1.29 is 14.5 Å². The third-order valence-corrected chi connectivity index (χ3v) is 6.42. The van der Waals surface area contributed by atoms with Crippen LogP contribution in [-0.4, -0.2) is 65.8 Å². The van der Waals surface area contributed by atoms with E-state index in [0.717, 1.165) is 18.5 Å². The number of rotatable bonds is 4. The van der Waals surface area contributed by atoms with E-state index in [0.29, 0.717) is 49.9 Å². The molecule has 2 amide bonds. The summed E-state index contributed by atoms with van der Waals surface area (Å²) < 4.78 is 0. The molecule has 2 saturated heterocycles. The predicted octanol–water partition coefficient (Wildman–Crippen LogP) is 3.45. The summed E-state index contributed by atoms with van der Waals surface area (Å²) in [5.74, 6) is -0.157. The second-order valence-electron chi connectivity index (χ2n) is 8.18. The molecule has 0 spiro atoms. The minimum absolute atomic E-state index is 0.0672. The van der Waals surface area contributed by atoms with Gasteiger partial charge in [-0.25, -0.2) is 0 Å². The molecule has 2 aromatic carbocycles. The summed E-state index contributed by atoms with van der Waals surface area (Å²) in [6.45, 7) is 3.62. The zero-order valence-electron chi connectivity index (χ0n) is 17.7. The van der Waals surface area contributed by atoms with Gasteiger partial charge in [0.1, 0.15) is 0 Å². The molecule has 0 aromatic heterocycles. The topological polar surface area (TPSA) is 87.0 Å². The quantitative estimate of drug-likeness (QED) is 0.519. The highest BCUT2D eigenvalue weighted by Gasteiger charge is 2.33. The summed E-state index contributed by atoms with van der Waals surface area (Å²) in [6.07, 6.45) is 1.59. The highest BCUT2D eigenvalue weighted by molar-refractivity contribution is 6.30. The number of carbonyl (C=O) groups excluding carboxylic acids is 2. The molecule has 0 aliphatic carbocycles. The first kappa shape index (κ1) is 22.1. The molecule has 32 heavy (non-hydrogen) atoms. The van der Waals surface area contributed by atoms with Crippen LogP contribution in [0.4, 0.5) is 11.4 Å². The summed E-state index contributed by atoms with van der Waals surface area (Å²) >= 11 is 5.92. The Kier molecular flexibility index (Phi) is 6.60. The Morgan fingerprint density at radius 2 is 1.56 bits per heavy atom. The maximum absolute atomic E-state index is 13.1. The van der Waals surface area contributed by atoms with E-state index in [1.807, 2.05) is 4.90 Å². The van der Waals surface area contributed by atoms with E-state index in [-0.39, 0.29) is 23.4 Å². The zero-order chi connectivity index (χ0) is 22.7. The number of likely N-dealkylation sites (tertiary alicyclic amines) is 1. The Morgan fingerprint density at radius 1 is 0.906 bits per heavy atom. The van der Waals surface area contributed by atoms with Gasteiger partial charge in [0.2, 0.25) is 5.91 Å². The molecule has 2 fully saturated rings. The van der Waals surface area contributed by atoms with Gasteiger partial charge < -0.3 is 14.7 Å². The molecule has 2 heterocycles. The van der Waals surface area contributed by atoms with E-state index in [2.05, 4.69) is 4.90 Å². The minimum atomic E-state index is -0.411. The van der Waals surface area contributed by atoms with Gasteiger partial charge in [0.25, 0.3) is 11.6 Å². The van der Waals surface area contributed by atoms with E-state index in [1.165, 1.54) is 12.1 Å². The first-order chi connectivity index (χ1) is 15.4. The number of nitro groups is 1. The van der Waals surface area contributed by atoms with Gasteiger partial charge in [0.05, 0.1) is 10.8 Å². The Labute approximate surface area is 191 Å². The third-order valence-electron chi connectivity index (χ3n) is 6.17. The van der Waals surface area contributed by atoms with Gasteiger partial charge >= 0.3 is 0 Å². The van der Waals surface area contributed by atoms with Crippen LogP contribution in [0.15, 0.2) is 48.5 Å². The van der Waals surface area contributed by atoms with Crippen LogP contribution >= 0.6 is 11.6 Å². The Hall–Kier alpha value is -3.13. The van der Waals surface area contributed by atoms with Crippen molar-refractivity contribution in [2.75, 3.05) is 44.2 Å². The van der Waals surface area contributed by atoms with Crippen molar-refractivity contribution >= 4 is 34.8 Å². The molecule has 4 rings (SSSR count). The van der Waals surface area contributed by atoms with E-state index in [1.54, 1.807) is 41.3 Å². The van der Waals surface area contributed by atoms with Crippen molar-refractivity contribution in [3.05, 3.63) is 69.2 Å². The van der Waals surface area contributed by atoms with Crippen molar-refractivity contribution in [3.8, 4) is 0 Å². The zero-order valence-corrected chi connectivity index (χ0v) is 18.4. The molecule has 1 unspecified atom stereocenters. The number of benzene rings is 2. The number of halogens is 1. The number of hydrogen-bond acceptors (Lipinski definition) is 5. The molecule has 9 heteroatoms. The number of nitrogens with zero attached hydrogens (tertiary/aromatic N) is 4. The van der Waals surface area contributed by atoms with Gasteiger partial charge in [-0.05, 0) is 49.2 Å². The number of hydrogen-bond donors (Lipinski definition) is 0. The van der Waals surface area contributed by atoms with Gasteiger partial charge in [-0.15, -0.1) is 0 Å². The van der Waals surface area contributed by atoms with E-state index >= 15 is 0 Å². The van der Waals surface area contributed by atoms with Crippen LogP contribution in [0, 0.1) is 16.0 Å². The molecular weight excluding hydrogens is 432 g/mol. The van der Waals surface area contributed by atoms with Crippen LogP contribution in [0.1, 0.15) is 23.2 Å². The minimum Gasteiger partial charge on any atom is -0.368 e. The number of anilines is 1. The SMILES string of the molecule is O=C(c1ccc(Cl)cc1)N1CCCC(C(=O)N2CCN(c3ccc([N+](=O)[O-])cc3)CC2)C1. The smallest absolute Gasteiger partial charge is 0.269 e. The Bertz CT molecular complexity index is 988. The standard InChI is InChI=1S/C23H25ClN4O4/c24-19-5-3-17(4-6-19)22(29)27-11-1-2-18(16-27)23(30)26-14-12-25(13-15-26)20-7-9-21(10-8-20)28(31)32/h3-10,18H,1-2,11-16H2. The van der Waals surface area contributed by atoms with Crippen LogP contribution < -0.4 is 4.90 Å². The van der Waals surface area contributed by atoms with Gasteiger partial charge in [0, 0.05) is 67.7 Å². The molecule has 2 aliphatic heterocycles. The highest BCUT2D eigenvalue weighted by atomic mass is 35.5. The Balaban J connectivity index is 1.33. The van der Waals surface area contributed by atoms with E-state index in [4.69, 9.17) is 11.6 Å². The second-order valence-corrected chi connectivity index (χ2v) is 8.62. The van der Waals surface area contributed by atoms with Crippen LogP contribution in [0.2, 0.25) is 5.02 Å². The van der Waals surface area contributed by atoms with Crippen molar-refractivity contribution in [2.24, 2.45) is 5.92 Å². The summed E-state index contributed by atoms with van der Waals surface area (Å²) in [4.78, 5) is 42.2. The molecule has 8 nitrogen and oxygen atoms in total.